The molecule has 0 aliphatic heterocycles. The van der Waals surface area contributed by atoms with Crippen molar-refractivity contribution in [3.05, 3.63) is 60.2 Å². The van der Waals surface area contributed by atoms with Crippen LogP contribution in [0.25, 0.3) is 10.8 Å². The Hall–Kier alpha value is -2.22. The quantitative estimate of drug-likeness (QED) is 0.337. The van der Waals surface area contributed by atoms with Gasteiger partial charge in [-0.2, -0.15) is 0 Å². The summed E-state index contributed by atoms with van der Waals surface area (Å²) < 4.78 is 0. The molecule has 0 aliphatic carbocycles. The summed E-state index contributed by atoms with van der Waals surface area (Å²) >= 11 is 0. The summed E-state index contributed by atoms with van der Waals surface area (Å²) in [6.07, 6.45) is 6.44. The Morgan fingerprint density at radius 1 is 1.00 bits per heavy atom. The molecule has 0 unspecified atom stereocenters. The SMILES string of the molecule is O=CCCC/C=C/C(=O)c1ccc2ccccc2c1. The molecule has 96 valence electrons. The predicted molar refractivity (Wildman–Crippen MR) is 77.3 cm³/mol. The minimum atomic E-state index is 0.0110. The average Bonchev–Trinajstić information content (AvgIpc) is 2.46. The van der Waals surface area contributed by atoms with E-state index in [0.29, 0.717) is 12.0 Å². The third kappa shape index (κ3) is 3.62. The predicted octanol–water partition coefficient (Wildman–Crippen LogP) is 3.95. The fraction of sp³-hybridized carbons (Fsp3) is 0.176. The summed E-state index contributed by atoms with van der Waals surface area (Å²) in [7, 11) is 0. The number of allylic oxidation sites excluding steroid dienone is 2. The van der Waals surface area contributed by atoms with Gasteiger partial charge in [-0.15, -0.1) is 0 Å². The van der Waals surface area contributed by atoms with Crippen LogP contribution in [-0.2, 0) is 4.79 Å². The standard InChI is InChI=1S/C17H16O2/c18-12-6-2-1-3-9-17(19)16-11-10-14-7-4-5-8-15(14)13-16/h3-5,7-13H,1-2,6H2/b9-3+. The van der Waals surface area contributed by atoms with Crippen LogP contribution in [0.2, 0.25) is 0 Å². The summed E-state index contributed by atoms with van der Waals surface area (Å²) in [5, 5.41) is 2.21. The molecule has 19 heavy (non-hydrogen) atoms. The van der Waals surface area contributed by atoms with Gasteiger partial charge in [-0.3, -0.25) is 4.79 Å². The van der Waals surface area contributed by atoms with Crippen molar-refractivity contribution in [2.24, 2.45) is 0 Å². The fourth-order valence-corrected chi connectivity index (χ4v) is 1.95. The number of benzene rings is 2. The van der Waals surface area contributed by atoms with Gasteiger partial charge in [0, 0.05) is 12.0 Å². The summed E-state index contributed by atoms with van der Waals surface area (Å²) in [4.78, 5) is 22.1. The van der Waals surface area contributed by atoms with Crippen molar-refractivity contribution in [3.63, 3.8) is 0 Å². The zero-order valence-electron chi connectivity index (χ0n) is 10.7. The first kappa shape index (κ1) is 13.2. The molecule has 0 atom stereocenters. The van der Waals surface area contributed by atoms with E-state index in [4.69, 9.17) is 0 Å². The maximum atomic E-state index is 12.0. The third-order valence-electron chi connectivity index (χ3n) is 3.00. The molecule has 0 heterocycles. The van der Waals surface area contributed by atoms with E-state index in [-0.39, 0.29) is 5.78 Å². The molecule has 2 rings (SSSR count). The van der Waals surface area contributed by atoms with Crippen LogP contribution >= 0.6 is 0 Å². The van der Waals surface area contributed by atoms with Crippen LogP contribution in [0.4, 0.5) is 0 Å². The molecule has 2 aromatic carbocycles. The van der Waals surface area contributed by atoms with Crippen molar-refractivity contribution in [3.8, 4) is 0 Å². The van der Waals surface area contributed by atoms with E-state index < -0.39 is 0 Å². The molecule has 0 spiro atoms. The van der Waals surface area contributed by atoms with Gasteiger partial charge in [-0.05, 0) is 35.8 Å². The number of hydrogen-bond acceptors (Lipinski definition) is 2. The van der Waals surface area contributed by atoms with E-state index in [9.17, 15) is 9.59 Å². The van der Waals surface area contributed by atoms with Crippen molar-refractivity contribution < 1.29 is 9.59 Å². The second-order valence-electron chi connectivity index (χ2n) is 4.43. The number of unbranched alkanes of at least 4 members (excludes halogenated alkanes) is 2. The normalized spacial score (nSPS) is 10.9. The highest BCUT2D eigenvalue weighted by Crippen LogP contribution is 2.16. The number of carbonyl (C=O) groups excluding carboxylic acids is 2. The average molecular weight is 252 g/mol. The minimum absolute atomic E-state index is 0.0110. The van der Waals surface area contributed by atoms with Crippen LogP contribution in [-0.4, -0.2) is 12.1 Å². The lowest BCUT2D eigenvalue weighted by atomic mass is 10.0. The Balaban J connectivity index is 2.06. The van der Waals surface area contributed by atoms with Gasteiger partial charge >= 0.3 is 0 Å². The Morgan fingerprint density at radius 2 is 1.79 bits per heavy atom. The highest BCUT2D eigenvalue weighted by Gasteiger charge is 2.02. The van der Waals surface area contributed by atoms with Gasteiger partial charge in [0.15, 0.2) is 5.78 Å². The van der Waals surface area contributed by atoms with Gasteiger partial charge in [-0.25, -0.2) is 0 Å². The zero-order chi connectivity index (χ0) is 13.5. The maximum absolute atomic E-state index is 12.0. The molecule has 0 radical (unpaired) electrons. The number of aldehydes is 1. The number of hydrogen-bond donors (Lipinski definition) is 0. The molecule has 0 amide bonds. The molecule has 0 bridgehead atoms. The Bertz CT molecular complexity index is 611. The van der Waals surface area contributed by atoms with E-state index in [1.807, 2.05) is 48.5 Å². The monoisotopic (exact) mass is 252 g/mol. The van der Waals surface area contributed by atoms with Crippen LogP contribution < -0.4 is 0 Å². The molecular formula is C17H16O2. The van der Waals surface area contributed by atoms with Crippen LogP contribution in [0.5, 0.6) is 0 Å². The minimum Gasteiger partial charge on any atom is -0.303 e. The van der Waals surface area contributed by atoms with Gasteiger partial charge in [0.2, 0.25) is 0 Å². The Morgan fingerprint density at radius 3 is 2.58 bits per heavy atom. The zero-order valence-corrected chi connectivity index (χ0v) is 10.7. The molecule has 0 saturated carbocycles. The lowest BCUT2D eigenvalue weighted by Gasteiger charge is -2.00. The highest BCUT2D eigenvalue weighted by atomic mass is 16.1. The molecule has 2 heteroatoms. The summed E-state index contributed by atoms with van der Waals surface area (Å²) in [5.74, 6) is 0.0110. The maximum Gasteiger partial charge on any atom is 0.185 e. The van der Waals surface area contributed by atoms with Crippen molar-refractivity contribution in [1.82, 2.24) is 0 Å². The topological polar surface area (TPSA) is 34.1 Å². The molecule has 0 saturated heterocycles. The van der Waals surface area contributed by atoms with E-state index in [2.05, 4.69) is 0 Å². The molecule has 0 N–H and O–H groups in total. The van der Waals surface area contributed by atoms with Crippen LogP contribution in [0.15, 0.2) is 54.6 Å². The van der Waals surface area contributed by atoms with Crippen molar-refractivity contribution in [2.75, 3.05) is 0 Å². The van der Waals surface area contributed by atoms with E-state index in [0.717, 1.165) is 29.9 Å². The summed E-state index contributed by atoms with van der Waals surface area (Å²) in [6, 6.07) is 13.7. The van der Waals surface area contributed by atoms with Crippen LogP contribution in [0.1, 0.15) is 29.6 Å². The van der Waals surface area contributed by atoms with Crippen molar-refractivity contribution in [1.29, 1.82) is 0 Å². The smallest absolute Gasteiger partial charge is 0.185 e. The Labute approximate surface area is 112 Å². The van der Waals surface area contributed by atoms with Crippen LogP contribution in [0.3, 0.4) is 0 Å². The lowest BCUT2D eigenvalue weighted by Crippen LogP contribution is -1.93. The first-order valence-corrected chi connectivity index (χ1v) is 6.44. The van der Waals surface area contributed by atoms with E-state index in [1.54, 1.807) is 6.08 Å². The number of carbonyl (C=O) groups is 2. The molecular weight excluding hydrogens is 236 g/mol. The van der Waals surface area contributed by atoms with Gasteiger partial charge in [-0.1, -0.05) is 42.5 Å². The molecule has 2 aromatic rings. The van der Waals surface area contributed by atoms with Gasteiger partial charge in [0.25, 0.3) is 0 Å². The fourth-order valence-electron chi connectivity index (χ4n) is 1.95. The third-order valence-corrected chi connectivity index (χ3v) is 3.00. The number of ketones is 1. The van der Waals surface area contributed by atoms with Gasteiger partial charge < -0.3 is 4.79 Å². The van der Waals surface area contributed by atoms with Crippen molar-refractivity contribution >= 4 is 22.8 Å². The first-order valence-electron chi connectivity index (χ1n) is 6.44. The second kappa shape index (κ2) is 6.64. The lowest BCUT2D eigenvalue weighted by molar-refractivity contribution is -0.107. The van der Waals surface area contributed by atoms with Gasteiger partial charge in [0.05, 0.1) is 0 Å². The van der Waals surface area contributed by atoms with E-state index in [1.165, 1.54) is 0 Å². The summed E-state index contributed by atoms with van der Waals surface area (Å²) in [5.41, 5.74) is 0.699. The van der Waals surface area contributed by atoms with E-state index >= 15 is 0 Å². The van der Waals surface area contributed by atoms with Gasteiger partial charge in [0.1, 0.15) is 6.29 Å². The van der Waals surface area contributed by atoms with Crippen LogP contribution in [0, 0.1) is 0 Å². The summed E-state index contributed by atoms with van der Waals surface area (Å²) in [6.45, 7) is 0. The highest BCUT2D eigenvalue weighted by molar-refractivity contribution is 6.06. The first-order chi connectivity index (χ1) is 9.31. The number of rotatable bonds is 6. The second-order valence-corrected chi connectivity index (χ2v) is 4.43. The number of fused-ring (bicyclic) bond motifs is 1. The Kier molecular flexibility index (Phi) is 4.62. The molecule has 2 nitrogen and oxygen atoms in total. The molecule has 0 aromatic heterocycles. The molecule has 0 fully saturated rings. The molecule has 0 aliphatic rings. The largest absolute Gasteiger partial charge is 0.303 e. The van der Waals surface area contributed by atoms with Crippen molar-refractivity contribution in [2.45, 2.75) is 19.3 Å².